The second-order valence-electron chi connectivity index (χ2n) is 5.79. The number of fused-ring (bicyclic) bond motifs is 1. The summed E-state index contributed by atoms with van der Waals surface area (Å²) in [5, 5.41) is 6.11. The van der Waals surface area contributed by atoms with Gasteiger partial charge < -0.3 is 15.2 Å². The molecule has 0 unspecified atom stereocenters. The second-order valence-corrected chi connectivity index (χ2v) is 6.20. The summed E-state index contributed by atoms with van der Waals surface area (Å²) in [4.78, 5) is 36.3. The lowest BCUT2D eigenvalue weighted by Gasteiger charge is -2.09. The molecular weight excluding hydrogens is 373 g/mol. The van der Waals surface area contributed by atoms with Gasteiger partial charge in [-0.15, -0.1) is 0 Å². The van der Waals surface area contributed by atoms with Crippen LogP contribution in [0.1, 0.15) is 0 Å². The number of rotatable bonds is 5. The maximum atomic E-state index is 13.1. The van der Waals surface area contributed by atoms with E-state index in [0.717, 1.165) is 11.5 Å². The summed E-state index contributed by atoms with van der Waals surface area (Å²) in [7, 11) is 0. The van der Waals surface area contributed by atoms with Gasteiger partial charge in [0.1, 0.15) is 12.4 Å². The molecule has 2 N–H and O–H groups in total. The molecule has 0 atom stereocenters. The molecule has 27 heavy (non-hydrogen) atoms. The van der Waals surface area contributed by atoms with Gasteiger partial charge in [-0.2, -0.15) is 0 Å². The lowest BCUT2D eigenvalue weighted by atomic mass is 10.2. The molecule has 2 amide bonds. The third-order valence-corrected chi connectivity index (χ3v) is 4.14. The van der Waals surface area contributed by atoms with Crippen LogP contribution >= 0.6 is 11.6 Å². The van der Waals surface area contributed by atoms with Crippen LogP contribution in [-0.4, -0.2) is 22.9 Å². The minimum atomic E-state index is -0.594. The van der Waals surface area contributed by atoms with Crippen molar-refractivity contribution in [3.63, 3.8) is 0 Å². The van der Waals surface area contributed by atoms with E-state index in [2.05, 4.69) is 10.6 Å². The molecule has 138 valence electrons. The first-order valence-electron chi connectivity index (χ1n) is 8.04. The van der Waals surface area contributed by atoms with Crippen molar-refractivity contribution in [1.29, 1.82) is 0 Å². The molecular formula is C19H15ClFN3O3. The zero-order valence-electron chi connectivity index (χ0n) is 14.0. The zero-order chi connectivity index (χ0) is 19.4. The van der Waals surface area contributed by atoms with Gasteiger partial charge in [0, 0.05) is 17.3 Å². The maximum Gasteiger partial charge on any atom is 0.258 e. The molecule has 0 saturated heterocycles. The summed E-state index contributed by atoms with van der Waals surface area (Å²) in [5.41, 5.74) is 0.0278. The van der Waals surface area contributed by atoms with Crippen LogP contribution in [0.25, 0.3) is 10.8 Å². The Morgan fingerprint density at radius 3 is 2.63 bits per heavy atom. The molecule has 1 aromatic heterocycles. The van der Waals surface area contributed by atoms with Gasteiger partial charge >= 0.3 is 0 Å². The topological polar surface area (TPSA) is 80.2 Å². The minimum Gasteiger partial charge on any atom is -0.345 e. The fourth-order valence-corrected chi connectivity index (χ4v) is 2.70. The van der Waals surface area contributed by atoms with E-state index < -0.39 is 17.6 Å². The smallest absolute Gasteiger partial charge is 0.258 e. The third kappa shape index (κ3) is 4.51. The molecule has 3 rings (SSSR count). The van der Waals surface area contributed by atoms with Gasteiger partial charge in [-0.1, -0.05) is 29.8 Å². The molecule has 1 heterocycles. The van der Waals surface area contributed by atoms with Crippen LogP contribution in [0, 0.1) is 5.82 Å². The lowest BCUT2D eigenvalue weighted by molar-refractivity contribution is -0.124. The molecule has 0 aliphatic carbocycles. The van der Waals surface area contributed by atoms with Gasteiger partial charge in [-0.25, -0.2) is 4.39 Å². The first-order chi connectivity index (χ1) is 12.9. The van der Waals surface area contributed by atoms with E-state index in [4.69, 9.17) is 11.6 Å². The Morgan fingerprint density at radius 2 is 1.85 bits per heavy atom. The molecule has 8 heteroatoms. The maximum absolute atomic E-state index is 13.1. The molecule has 0 spiro atoms. The number of anilines is 1. The first-order valence-corrected chi connectivity index (χ1v) is 8.41. The van der Waals surface area contributed by atoms with Crippen LogP contribution in [0.3, 0.4) is 0 Å². The van der Waals surface area contributed by atoms with E-state index >= 15 is 0 Å². The van der Waals surface area contributed by atoms with Crippen LogP contribution in [0.5, 0.6) is 0 Å². The van der Waals surface area contributed by atoms with Crippen molar-refractivity contribution in [2.24, 2.45) is 0 Å². The number of carbonyl (C=O) groups excluding carboxylic acids is 2. The Balaban J connectivity index is 1.58. The van der Waals surface area contributed by atoms with E-state index in [0.29, 0.717) is 11.1 Å². The van der Waals surface area contributed by atoms with Crippen molar-refractivity contribution in [2.75, 3.05) is 11.9 Å². The van der Waals surface area contributed by atoms with Crippen LogP contribution in [-0.2, 0) is 16.1 Å². The van der Waals surface area contributed by atoms with Gasteiger partial charge in [-0.3, -0.25) is 14.4 Å². The molecule has 0 radical (unpaired) electrons. The van der Waals surface area contributed by atoms with Crippen LogP contribution in [0.2, 0.25) is 5.02 Å². The van der Waals surface area contributed by atoms with Gasteiger partial charge in [0.15, 0.2) is 0 Å². The standard InChI is InChI=1S/C19H15ClFN3O3/c20-15-9-13(5-6-16(15)21)23-17(25)10-22-18(26)11-24-8-7-12-3-1-2-4-14(12)19(24)27/h1-9H,10-11H2,(H,22,26)(H,23,25). The molecule has 0 bridgehead atoms. The average molecular weight is 388 g/mol. The van der Waals surface area contributed by atoms with Gasteiger partial charge in [-0.05, 0) is 35.7 Å². The molecule has 2 aromatic carbocycles. The zero-order valence-corrected chi connectivity index (χ0v) is 14.8. The fraction of sp³-hybridized carbons (Fsp3) is 0.105. The number of halogens is 2. The number of hydrogen-bond donors (Lipinski definition) is 2. The second kappa shape index (κ2) is 8.01. The highest BCUT2D eigenvalue weighted by Crippen LogP contribution is 2.19. The summed E-state index contributed by atoms with van der Waals surface area (Å²) in [6, 6.07) is 12.6. The fourth-order valence-electron chi connectivity index (χ4n) is 2.52. The predicted molar refractivity (Wildman–Crippen MR) is 101 cm³/mol. The first kappa shape index (κ1) is 18.6. The van der Waals surface area contributed by atoms with Gasteiger partial charge in [0.25, 0.3) is 5.56 Å². The monoisotopic (exact) mass is 387 g/mol. The number of amides is 2. The highest BCUT2D eigenvalue weighted by molar-refractivity contribution is 6.31. The van der Waals surface area contributed by atoms with Crippen molar-refractivity contribution in [3.8, 4) is 0 Å². The molecule has 0 aliphatic rings. The average Bonchev–Trinajstić information content (AvgIpc) is 2.65. The highest BCUT2D eigenvalue weighted by atomic mass is 35.5. The van der Waals surface area contributed by atoms with E-state index in [1.54, 1.807) is 18.2 Å². The Bertz CT molecular complexity index is 1080. The van der Waals surface area contributed by atoms with E-state index in [-0.39, 0.29) is 23.7 Å². The predicted octanol–water partition coefficient (Wildman–Crippen LogP) is 2.55. The molecule has 3 aromatic rings. The molecule has 0 saturated carbocycles. The van der Waals surface area contributed by atoms with Gasteiger partial charge in [0.05, 0.1) is 11.6 Å². The van der Waals surface area contributed by atoms with Crippen molar-refractivity contribution in [1.82, 2.24) is 9.88 Å². The van der Waals surface area contributed by atoms with E-state index in [9.17, 15) is 18.8 Å². The van der Waals surface area contributed by atoms with Crippen molar-refractivity contribution >= 4 is 39.9 Å². The largest absolute Gasteiger partial charge is 0.345 e. The van der Waals surface area contributed by atoms with Crippen LogP contribution < -0.4 is 16.2 Å². The normalized spacial score (nSPS) is 10.6. The molecule has 0 fully saturated rings. The summed E-state index contributed by atoms with van der Waals surface area (Å²) in [6.07, 6.45) is 1.53. The summed E-state index contributed by atoms with van der Waals surface area (Å²) in [6.45, 7) is -0.504. The van der Waals surface area contributed by atoms with Crippen LogP contribution in [0.15, 0.2) is 59.5 Å². The van der Waals surface area contributed by atoms with Crippen LogP contribution in [0.4, 0.5) is 10.1 Å². The molecule has 0 aliphatic heterocycles. The Kier molecular flexibility index (Phi) is 5.52. The quantitative estimate of drug-likeness (QED) is 0.706. The number of hydrogen-bond acceptors (Lipinski definition) is 3. The minimum absolute atomic E-state index is 0.118. The number of nitrogens with zero attached hydrogens (tertiary/aromatic N) is 1. The number of aromatic nitrogens is 1. The Labute approximate surface area is 158 Å². The number of nitrogens with one attached hydrogen (secondary N) is 2. The number of benzene rings is 2. The highest BCUT2D eigenvalue weighted by Gasteiger charge is 2.10. The lowest BCUT2D eigenvalue weighted by Crippen LogP contribution is -2.37. The SMILES string of the molecule is O=C(Cn1ccc2ccccc2c1=O)NCC(=O)Nc1ccc(F)c(Cl)c1. The summed E-state index contributed by atoms with van der Waals surface area (Å²) >= 11 is 5.64. The van der Waals surface area contributed by atoms with Gasteiger partial charge in [0.2, 0.25) is 11.8 Å². The Hall–Kier alpha value is -3.19. The van der Waals surface area contributed by atoms with E-state index in [1.807, 2.05) is 12.1 Å². The number of pyridine rings is 1. The van der Waals surface area contributed by atoms with Crippen molar-refractivity contribution < 1.29 is 14.0 Å². The number of carbonyl (C=O) groups is 2. The Morgan fingerprint density at radius 1 is 1.07 bits per heavy atom. The van der Waals surface area contributed by atoms with Crippen molar-refractivity contribution in [3.05, 3.63) is 75.9 Å². The van der Waals surface area contributed by atoms with E-state index in [1.165, 1.54) is 22.9 Å². The summed E-state index contributed by atoms with van der Waals surface area (Å²) in [5.74, 6) is -1.58. The summed E-state index contributed by atoms with van der Waals surface area (Å²) < 4.78 is 14.4. The van der Waals surface area contributed by atoms with Crippen molar-refractivity contribution in [2.45, 2.75) is 6.54 Å². The molecule has 6 nitrogen and oxygen atoms in total. The third-order valence-electron chi connectivity index (χ3n) is 3.85.